The number of carbonyl (C=O) groups excluding carboxylic acids is 2. The fraction of sp³-hybridized carbons (Fsp3) is 0.158. The van der Waals surface area contributed by atoms with Crippen LogP contribution in [0.5, 0.6) is 5.75 Å². The first kappa shape index (κ1) is 18.5. The average Bonchev–Trinajstić information content (AvgIpc) is 2.64. The number of amides is 1. The monoisotopic (exact) mass is 359 g/mol. The third-order valence-electron chi connectivity index (χ3n) is 3.29. The van der Waals surface area contributed by atoms with Crippen LogP contribution in [0.15, 0.2) is 54.6 Å². The van der Waals surface area contributed by atoms with Crippen molar-refractivity contribution >= 4 is 29.6 Å². The van der Waals surface area contributed by atoms with E-state index in [4.69, 9.17) is 21.1 Å². The molecule has 0 unspecified atom stereocenters. The van der Waals surface area contributed by atoms with Crippen LogP contribution in [0.2, 0.25) is 5.02 Å². The Hall–Kier alpha value is -2.79. The third-order valence-corrected chi connectivity index (χ3v) is 3.65. The molecule has 2 aromatic carbocycles. The summed E-state index contributed by atoms with van der Waals surface area (Å²) in [6.07, 6.45) is 2.85. The molecule has 1 amide bonds. The third kappa shape index (κ3) is 6.31. The first-order chi connectivity index (χ1) is 12.1. The maximum atomic E-state index is 11.7. The van der Waals surface area contributed by atoms with Gasteiger partial charge in [0.15, 0.2) is 6.61 Å². The van der Waals surface area contributed by atoms with E-state index in [2.05, 4.69) is 5.32 Å². The van der Waals surface area contributed by atoms with Gasteiger partial charge in [0, 0.05) is 17.6 Å². The molecule has 0 bridgehead atoms. The molecule has 5 nitrogen and oxygen atoms in total. The fourth-order valence-electron chi connectivity index (χ4n) is 1.98. The number of nitrogens with one attached hydrogen (secondary N) is 1. The van der Waals surface area contributed by atoms with Crippen LogP contribution in [0.25, 0.3) is 6.08 Å². The topological polar surface area (TPSA) is 64.6 Å². The van der Waals surface area contributed by atoms with E-state index < -0.39 is 11.9 Å². The van der Waals surface area contributed by atoms with E-state index >= 15 is 0 Å². The van der Waals surface area contributed by atoms with Gasteiger partial charge in [-0.25, -0.2) is 4.79 Å². The number of carbonyl (C=O) groups is 2. The van der Waals surface area contributed by atoms with Gasteiger partial charge in [-0.2, -0.15) is 0 Å². The highest BCUT2D eigenvalue weighted by molar-refractivity contribution is 6.31. The molecule has 0 aliphatic rings. The van der Waals surface area contributed by atoms with Gasteiger partial charge < -0.3 is 14.8 Å². The first-order valence-corrected chi connectivity index (χ1v) is 7.95. The molecule has 130 valence electrons. The van der Waals surface area contributed by atoms with Crippen molar-refractivity contribution in [1.82, 2.24) is 5.32 Å². The number of ether oxygens (including phenoxy) is 2. The van der Waals surface area contributed by atoms with Crippen molar-refractivity contribution in [2.75, 3.05) is 13.7 Å². The first-order valence-electron chi connectivity index (χ1n) is 7.57. The van der Waals surface area contributed by atoms with E-state index in [9.17, 15) is 9.59 Å². The van der Waals surface area contributed by atoms with E-state index in [-0.39, 0.29) is 13.2 Å². The van der Waals surface area contributed by atoms with Crippen LogP contribution >= 0.6 is 11.6 Å². The minimum absolute atomic E-state index is 0.274. The van der Waals surface area contributed by atoms with E-state index in [0.717, 1.165) is 11.1 Å². The summed E-state index contributed by atoms with van der Waals surface area (Å²) in [5, 5.41) is 3.21. The van der Waals surface area contributed by atoms with Crippen molar-refractivity contribution in [3.8, 4) is 5.75 Å². The molecule has 0 aliphatic carbocycles. The molecule has 0 radical (unpaired) electrons. The number of benzene rings is 2. The van der Waals surface area contributed by atoms with Crippen LogP contribution in [-0.2, 0) is 20.9 Å². The second-order valence-corrected chi connectivity index (χ2v) is 5.49. The molecule has 2 aromatic rings. The van der Waals surface area contributed by atoms with Gasteiger partial charge in [0.05, 0.1) is 7.11 Å². The minimum atomic E-state index is -0.601. The number of hydrogen-bond acceptors (Lipinski definition) is 4. The molecule has 1 N–H and O–H groups in total. The predicted molar refractivity (Wildman–Crippen MR) is 96.3 cm³/mol. The lowest BCUT2D eigenvalue weighted by atomic mass is 10.2. The molecular formula is C19H18ClNO4. The van der Waals surface area contributed by atoms with E-state index in [1.165, 1.54) is 6.08 Å². The largest absolute Gasteiger partial charge is 0.497 e. The Morgan fingerprint density at radius 1 is 1.16 bits per heavy atom. The molecule has 0 heterocycles. The second kappa shape index (κ2) is 9.49. The number of esters is 1. The molecule has 6 heteroatoms. The lowest BCUT2D eigenvalue weighted by molar-refractivity contribution is -0.143. The van der Waals surface area contributed by atoms with Gasteiger partial charge in [0.25, 0.3) is 5.91 Å². The Labute approximate surface area is 151 Å². The van der Waals surface area contributed by atoms with Gasteiger partial charge in [-0.1, -0.05) is 41.9 Å². The molecule has 0 saturated carbocycles. The van der Waals surface area contributed by atoms with E-state index in [0.29, 0.717) is 10.8 Å². The Balaban J connectivity index is 1.76. The van der Waals surface area contributed by atoms with Crippen LogP contribution in [0, 0.1) is 0 Å². The highest BCUT2D eigenvalue weighted by Crippen LogP contribution is 2.14. The molecule has 25 heavy (non-hydrogen) atoms. The molecule has 2 rings (SSSR count). The van der Waals surface area contributed by atoms with Crippen LogP contribution in [-0.4, -0.2) is 25.6 Å². The van der Waals surface area contributed by atoms with Crippen molar-refractivity contribution in [3.05, 3.63) is 70.8 Å². The van der Waals surface area contributed by atoms with Crippen LogP contribution < -0.4 is 10.1 Å². The second-order valence-electron chi connectivity index (χ2n) is 5.09. The average molecular weight is 360 g/mol. The van der Waals surface area contributed by atoms with Gasteiger partial charge in [0.2, 0.25) is 0 Å². The van der Waals surface area contributed by atoms with Crippen LogP contribution in [0.4, 0.5) is 0 Å². The smallest absolute Gasteiger partial charge is 0.331 e. The maximum Gasteiger partial charge on any atom is 0.331 e. The fourth-order valence-corrected chi connectivity index (χ4v) is 2.18. The van der Waals surface area contributed by atoms with Crippen molar-refractivity contribution in [1.29, 1.82) is 0 Å². The highest BCUT2D eigenvalue weighted by Gasteiger charge is 2.06. The van der Waals surface area contributed by atoms with Crippen molar-refractivity contribution in [2.24, 2.45) is 0 Å². The summed E-state index contributed by atoms with van der Waals surface area (Å²) in [6.45, 7) is -0.0819. The van der Waals surface area contributed by atoms with Crippen molar-refractivity contribution < 1.29 is 19.1 Å². The van der Waals surface area contributed by atoms with Gasteiger partial charge >= 0.3 is 5.97 Å². The van der Waals surface area contributed by atoms with Gasteiger partial charge in [-0.15, -0.1) is 0 Å². The van der Waals surface area contributed by atoms with E-state index in [1.54, 1.807) is 31.4 Å². The summed E-state index contributed by atoms with van der Waals surface area (Å²) in [6, 6.07) is 14.4. The van der Waals surface area contributed by atoms with Gasteiger partial charge in [-0.05, 0) is 35.4 Å². The number of halogens is 1. The lowest BCUT2D eigenvalue weighted by Crippen LogP contribution is -2.28. The normalized spacial score (nSPS) is 10.5. The Morgan fingerprint density at radius 3 is 2.72 bits per heavy atom. The van der Waals surface area contributed by atoms with Gasteiger partial charge in [-0.3, -0.25) is 4.79 Å². The molecule has 0 fully saturated rings. The maximum absolute atomic E-state index is 11.7. The summed E-state index contributed by atoms with van der Waals surface area (Å²) in [7, 11) is 1.57. The quantitative estimate of drug-likeness (QED) is 0.609. The standard InChI is InChI=1S/C19H18ClNO4/c1-24-16-7-4-5-14(11-16)9-10-19(23)25-13-18(22)21-12-15-6-2-3-8-17(15)20/h2-11H,12-13H2,1H3,(H,21,22). The Morgan fingerprint density at radius 2 is 1.96 bits per heavy atom. The van der Waals surface area contributed by atoms with E-state index in [1.807, 2.05) is 30.3 Å². The summed E-state index contributed by atoms with van der Waals surface area (Å²) < 4.78 is 10.00. The summed E-state index contributed by atoms with van der Waals surface area (Å²) in [5.74, 6) is -0.312. The highest BCUT2D eigenvalue weighted by atomic mass is 35.5. The zero-order valence-corrected chi connectivity index (χ0v) is 14.5. The number of methoxy groups -OCH3 is 1. The number of hydrogen-bond donors (Lipinski definition) is 1. The molecular weight excluding hydrogens is 342 g/mol. The summed E-state index contributed by atoms with van der Waals surface area (Å²) in [4.78, 5) is 23.4. The summed E-state index contributed by atoms with van der Waals surface area (Å²) in [5.41, 5.74) is 1.58. The molecule has 0 atom stereocenters. The van der Waals surface area contributed by atoms with Crippen molar-refractivity contribution in [3.63, 3.8) is 0 Å². The van der Waals surface area contributed by atoms with Crippen LogP contribution in [0.3, 0.4) is 0 Å². The Bertz CT molecular complexity index is 774. The van der Waals surface area contributed by atoms with Crippen LogP contribution in [0.1, 0.15) is 11.1 Å². The predicted octanol–water partition coefficient (Wildman–Crippen LogP) is 3.22. The molecule has 0 aliphatic heterocycles. The number of rotatable bonds is 7. The molecule has 0 aromatic heterocycles. The molecule has 0 spiro atoms. The van der Waals surface area contributed by atoms with Gasteiger partial charge in [0.1, 0.15) is 5.75 Å². The minimum Gasteiger partial charge on any atom is -0.497 e. The van der Waals surface area contributed by atoms with Crippen molar-refractivity contribution in [2.45, 2.75) is 6.54 Å². The SMILES string of the molecule is COc1cccc(C=CC(=O)OCC(=O)NCc2ccccc2Cl)c1. The Kier molecular flexibility index (Phi) is 7.04. The zero-order valence-electron chi connectivity index (χ0n) is 13.7. The zero-order chi connectivity index (χ0) is 18.1. The summed E-state index contributed by atoms with van der Waals surface area (Å²) >= 11 is 6.00. The molecule has 0 saturated heterocycles. The lowest BCUT2D eigenvalue weighted by Gasteiger charge is -2.07.